The highest BCUT2D eigenvalue weighted by Crippen LogP contribution is 2.35. The molecule has 19 heavy (non-hydrogen) atoms. The van der Waals surface area contributed by atoms with Crippen molar-refractivity contribution in [1.29, 1.82) is 0 Å². The van der Waals surface area contributed by atoms with E-state index in [1.165, 1.54) is 12.1 Å². The molecule has 5 nitrogen and oxygen atoms in total. The van der Waals surface area contributed by atoms with Gasteiger partial charge in [0.05, 0.1) is 11.1 Å². The van der Waals surface area contributed by atoms with E-state index < -0.39 is 28.9 Å². The number of carboxylic acids is 1. The molecule has 1 atom stereocenters. The molecule has 98 valence electrons. The zero-order valence-electron chi connectivity index (χ0n) is 10.3. The zero-order valence-corrected chi connectivity index (χ0v) is 10.3. The Balaban J connectivity index is 2.63. The van der Waals surface area contributed by atoms with Crippen LogP contribution in [0.2, 0.25) is 0 Å². The lowest BCUT2D eigenvalue weighted by atomic mass is 9.80. The van der Waals surface area contributed by atoms with Crippen LogP contribution in [0.15, 0.2) is 36.4 Å². The molecule has 0 spiro atoms. The van der Waals surface area contributed by atoms with Gasteiger partial charge in [0, 0.05) is 5.56 Å². The first kappa shape index (κ1) is 13.0. The van der Waals surface area contributed by atoms with E-state index in [1.54, 1.807) is 19.1 Å². The summed E-state index contributed by atoms with van der Waals surface area (Å²) in [5.74, 6) is -2.61. The third-order valence-corrected chi connectivity index (χ3v) is 3.27. The van der Waals surface area contributed by atoms with Gasteiger partial charge in [0.2, 0.25) is 11.4 Å². The van der Waals surface area contributed by atoms with Crippen LogP contribution >= 0.6 is 0 Å². The predicted octanol–water partition coefficient (Wildman–Crippen LogP) is 1.83. The van der Waals surface area contributed by atoms with Crippen LogP contribution in [0.25, 0.3) is 0 Å². The van der Waals surface area contributed by atoms with E-state index in [1.807, 2.05) is 0 Å². The Morgan fingerprint density at radius 3 is 2.42 bits per heavy atom. The maximum absolute atomic E-state index is 12.5. The molecule has 0 saturated carbocycles. The monoisotopic (exact) mass is 260 g/mol. The van der Waals surface area contributed by atoms with Crippen LogP contribution in [0.3, 0.4) is 0 Å². The highest BCUT2D eigenvalue weighted by atomic mass is 16.6. The third-order valence-electron chi connectivity index (χ3n) is 3.27. The molecular weight excluding hydrogens is 248 g/mol. The van der Waals surface area contributed by atoms with Crippen LogP contribution in [0, 0.1) is 0 Å². The molecule has 0 bridgehead atoms. The summed E-state index contributed by atoms with van der Waals surface area (Å²) in [5, 5.41) is 9.04. The van der Waals surface area contributed by atoms with E-state index in [0.29, 0.717) is 0 Å². The van der Waals surface area contributed by atoms with Crippen LogP contribution < -0.4 is 0 Å². The second-order valence-corrected chi connectivity index (χ2v) is 4.23. The van der Waals surface area contributed by atoms with Crippen molar-refractivity contribution >= 4 is 17.7 Å². The van der Waals surface area contributed by atoms with Crippen molar-refractivity contribution in [3.8, 4) is 0 Å². The van der Waals surface area contributed by atoms with Gasteiger partial charge in [0.25, 0.3) is 0 Å². The van der Waals surface area contributed by atoms with E-state index in [9.17, 15) is 14.4 Å². The Labute approximate surface area is 109 Å². The molecule has 0 saturated heterocycles. The fourth-order valence-electron chi connectivity index (χ4n) is 2.15. The minimum Gasteiger partial charge on any atom is -0.478 e. The SMILES string of the molecule is C=C(C(=O)O)C1(CC)OC(=O)c2ccccc2C1=O. The standard InChI is InChI=1S/C14H12O5/c1-3-14(8(2)12(16)17)11(15)9-6-4-5-7-10(9)13(18)19-14/h4-7H,2-3H2,1H3,(H,16,17). The van der Waals surface area contributed by atoms with Crippen molar-refractivity contribution < 1.29 is 24.2 Å². The summed E-state index contributed by atoms with van der Waals surface area (Å²) in [6, 6.07) is 6.17. The summed E-state index contributed by atoms with van der Waals surface area (Å²) >= 11 is 0. The van der Waals surface area contributed by atoms with E-state index in [2.05, 4.69) is 6.58 Å². The number of cyclic esters (lactones) is 1. The molecule has 1 aliphatic heterocycles. The van der Waals surface area contributed by atoms with Gasteiger partial charge in [0.1, 0.15) is 0 Å². The molecule has 1 N–H and O–H groups in total. The van der Waals surface area contributed by atoms with Gasteiger partial charge in [-0.3, -0.25) is 4.79 Å². The molecule has 1 aromatic rings. The van der Waals surface area contributed by atoms with Crippen LogP contribution in [-0.4, -0.2) is 28.4 Å². The summed E-state index contributed by atoms with van der Waals surface area (Å²) in [7, 11) is 0. The number of carbonyl (C=O) groups is 3. The number of benzene rings is 1. The zero-order chi connectivity index (χ0) is 14.2. The topological polar surface area (TPSA) is 80.7 Å². The van der Waals surface area contributed by atoms with Gasteiger partial charge in [-0.25, -0.2) is 9.59 Å². The van der Waals surface area contributed by atoms with Crippen LogP contribution in [0.5, 0.6) is 0 Å². The van der Waals surface area contributed by atoms with Gasteiger partial charge in [-0.05, 0) is 12.5 Å². The molecule has 0 radical (unpaired) electrons. The Kier molecular flexibility index (Phi) is 2.98. The number of esters is 1. The number of ketones is 1. The molecule has 1 aromatic carbocycles. The molecular formula is C14H12O5. The molecule has 0 amide bonds. The van der Waals surface area contributed by atoms with Crippen LogP contribution in [0.1, 0.15) is 34.1 Å². The summed E-state index contributed by atoms with van der Waals surface area (Å²) in [6.07, 6.45) is 0.0248. The Morgan fingerprint density at radius 1 is 1.32 bits per heavy atom. The molecule has 1 unspecified atom stereocenters. The minimum absolute atomic E-state index is 0.0248. The van der Waals surface area contributed by atoms with Crippen molar-refractivity contribution in [1.82, 2.24) is 0 Å². The molecule has 0 fully saturated rings. The second kappa shape index (κ2) is 4.35. The lowest BCUT2D eigenvalue weighted by Gasteiger charge is -2.35. The maximum atomic E-state index is 12.5. The number of Topliss-reactive ketones (excluding diaryl/α,β-unsaturated/α-hetero) is 1. The number of carbonyl (C=O) groups excluding carboxylic acids is 2. The molecule has 0 aliphatic carbocycles. The summed E-state index contributed by atoms with van der Waals surface area (Å²) in [6.45, 7) is 4.96. The van der Waals surface area contributed by atoms with E-state index >= 15 is 0 Å². The van der Waals surface area contributed by atoms with E-state index in [0.717, 1.165) is 0 Å². The van der Waals surface area contributed by atoms with Crippen molar-refractivity contribution in [2.24, 2.45) is 0 Å². The largest absolute Gasteiger partial charge is 0.478 e. The number of rotatable bonds is 3. The van der Waals surface area contributed by atoms with Crippen LogP contribution in [0.4, 0.5) is 0 Å². The number of fused-ring (bicyclic) bond motifs is 1. The first-order chi connectivity index (χ1) is 8.94. The molecule has 5 heteroatoms. The minimum atomic E-state index is -1.81. The predicted molar refractivity (Wildman–Crippen MR) is 66.0 cm³/mol. The molecule has 1 aliphatic rings. The van der Waals surface area contributed by atoms with Gasteiger partial charge in [-0.2, -0.15) is 0 Å². The van der Waals surface area contributed by atoms with Gasteiger partial charge in [-0.15, -0.1) is 0 Å². The Hall–Kier alpha value is -2.43. The van der Waals surface area contributed by atoms with Crippen molar-refractivity contribution in [3.63, 3.8) is 0 Å². The van der Waals surface area contributed by atoms with Crippen molar-refractivity contribution in [3.05, 3.63) is 47.5 Å². The average Bonchev–Trinajstić information content (AvgIpc) is 2.42. The lowest BCUT2D eigenvalue weighted by Crippen LogP contribution is -2.50. The third kappa shape index (κ3) is 1.74. The van der Waals surface area contributed by atoms with Gasteiger partial charge < -0.3 is 9.84 Å². The summed E-state index contributed by atoms with van der Waals surface area (Å²) in [5.41, 5.74) is -1.92. The van der Waals surface area contributed by atoms with Gasteiger partial charge >= 0.3 is 11.9 Å². The van der Waals surface area contributed by atoms with Gasteiger partial charge in [-0.1, -0.05) is 31.7 Å². The second-order valence-electron chi connectivity index (χ2n) is 4.23. The quantitative estimate of drug-likeness (QED) is 0.662. The Bertz CT molecular complexity index is 602. The fourth-order valence-corrected chi connectivity index (χ4v) is 2.15. The highest BCUT2D eigenvalue weighted by Gasteiger charge is 2.50. The number of hydrogen-bond donors (Lipinski definition) is 1. The van der Waals surface area contributed by atoms with Crippen molar-refractivity contribution in [2.45, 2.75) is 18.9 Å². The number of aliphatic carboxylic acids is 1. The van der Waals surface area contributed by atoms with Crippen molar-refractivity contribution in [2.75, 3.05) is 0 Å². The average molecular weight is 260 g/mol. The summed E-state index contributed by atoms with van der Waals surface area (Å²) < 4.78 is 5.12. The normalized spacial score (nSPS) is 21.5. The van der Waals surface area contributed by atoms with Gasteiger partial charge in [0.15, 0.2) is 0 Å². The molecule has 1 heterocycles. The lowest BCUT2D eigenvalue weighted by molar-refractivity contribution is -0.134. The number of carboxylic acid groups (broad SMARTS) is 1. The smallest absolute Gasteiger partial charge is 0.340 e. The Morgan fingerprint density at radius 2 is 1.89 bits per heavy atom. The maximum Gasteiger partial charge on any atom is 0.340 e. The first-order valence-corrected chi connectivity index (χ1v) is 5.74. The molecule has 0 aromatic heterocycles. The first-order valence-electron chi connectivity index (χ1n) is 5.74. The highest BCUT2D eigenvalue weighted by molar-refractivity contribution is 6.18. The summed E-state index contributed by atoms with van der Waals surface area (Å²) in [4.78, 5) is 35.5. The number of hydrogen-bond acceptors (Lipinski definition) is 4. The molecule has 2 rings (SSSR count). The number of ether oxygens (including phenoxy) is 1. The van der Waals surface area contributed by atoms with E-state index in [4.69, 9.17) is 9.84 Å². The van der Waals surface area contributed by atoms with E-state index in [-0.39, 0.29) is 17.5 Å². The fraction of sp³-hybridized carbons (Fsp3) is 0.214. The van der Waals surface area contributed by atoms with Crippen LogP contribution in [-0.2, 0) is 9.53 Å².